The van der Waals surface area contributed by atoms with E-state index >= 15 is 0 Å². The predicted molar refractivity (Wildman–Crippen MR) is 86.8 cm³/mol. The molecular weight excluding hydrogens is 264 g/mol. The molecule has 1 amide bonds. The highest BCUT2D eigenvalue weighted by Crippen LogP contribution is 2.22. The number of benzene rings is 1. The molecule has 1 atom stereocenters. The molecule has 0 bridgehead atoms. The molecule has 0 saturated heterocycles. The van der Waals surface area contributed by atoms with Crippen LogP contribution in [-0.2, 0) is 0 Å². The van der Waals surface area contributed by atoms with E-state index < -0.39 is 0 Å². The zero-order valence-corrected chi connectivity index (χ0v) is 13.0. The first-order valence-corrected chi connectivity index (χ1v) is 7.05. The van der Waals surface area contributed by atoms with Crippen LogP contribution in [0.5, 0.6) is 0 Å². The Hall–Kier alpha value is -2.14. The minimum Gasteiger partial charge on any atom is -0.388 e. The smallest absolute Gasteiger partial charge is 0.270 e. The summed E-state index contributed by atoms with van der Waals surface area (Å²) < 4.78 is 0. The van der Waals surface area contributed by atoms with Crippen LogP contribution in [0.15, 0.2) is 30.3 Å². The SMILES string of the molecule is CNc1cc(C(=O)NCC(C)N(C)C)nc2ccccc12. The van der Waals surface area contributed by atoms with Gasteiger partial charge >= 0.3 is 0 Å². The zero-order valence-electron chi connectivity index (χ0n) is 13.0. The number of carbonyl (C=O) groups is 1. The van der Waals surface area contributed by atoms with Crippen molar-refractivity contribution >= 4 is 22.5 Å². The third-order valence-electron chi connectivity index (χ3n) is 3.66. The third kappa shape index (κ3) is 3.49. The number of nitrogens with zero attached hydrogens (tertiary/aromatic N) is 2. The molecule has 0 radical (unpaired) electrons. The molecule has 1 heterocycles. The molecule has 1 unspecified atom stereocenters. The number of fused-ring (bicyclic) bond motifs is 1. The lowest BCUT2D eigenvalue weighted by atomic mass is 10.1. The van der Waals surface area contributed by atoms with E-state index in [9.17, 15) is 4.79 Å². The van der Waals surface area contributed by atoms with Crippen molar-refractivity contribution in [2.24, 2.45) is 0 Å². The van der Waals surface area contributed by atoms with Gasteiger partial charge in [-0.15, -0.1) is 0 Å². The highest BCUT2D eigenvalue weighted by molar-refractivity contribution is 5.99. The van der Waals surface area contributed by atoms with Gasteiger partial charge in [-0.1, -0.05) is 18.2 Å². The van der Waals surface area contributed by atoms with Crippen LogP contribution in [0, 0.1) is 0 Å². The average molecular weight is 286 g/mol. The van der Waals surface area contributed by atoms with E-state index in [2.05, 4.69) is 27.4 Å². The van der Waals surface area contributed by atoms with Gasteiger partial charge in [0, 0.05) is 30.7 Å². The molecule has 0 saturated carbocycles. The molecule has 0 aliphatic rings. The van der Waals surface area contributed by atoms with Gasteiger partial charge in [-0.3, -0.25) is 4.79 Å². The van der Waals surface area contributed by atoms with Crippen molar-refractivity contribution in [1.82, 2.24) is 15.2 Å². The predicted octanol–water partition coefficient (Wildman–Crippen LogP) is 1.96. The lowest BCUT2D eigenvalue weighted by molar-refractivity contribution is 0.0939. The number of pyridine rings is 1. The molecule has 0 spiro atoms. The van der Waals surface area contributed by atoms with Crippen LogP contribution in [-0.4, -0.2) is 49.5 Å². The van der Waals surface area contributed by atoms with Crippen LogP contribution in [0.1, 0.15) is 17.4 Å². The Morgan fingerprint density at radius 1 is 1.33 bits per heavy atom. The van der Waals surface area contributed by atoms with Gasteiger partial charge in [0.05, 0.1) is 5.52 Å². The summed E-state index contributed by atoms with van der Waals surface area (Å²) in [6.45, 7) is 2.66. The van der Waals surface area contributed by atoms with Gasteiger partial charge in [0.2, 0.25) is 0 Å². The van der Waals surface area contributed by atoms with Gasteiger partial charge in [-0.05, 0) is 33.2 Å². The first-order chi connectivity index (χ1) is 10.0. The molecule has 2 rings (SSSR count). The Bertz CT molecular complexity index is 639. The summed E-state index contributed by atoms with van der Waals surface area (Å²) in [7, 11) is 5.83. The highest BCUT2D eigenvalue weighted by atomic mass is 16.1. The van der Waals surface area contributed by atoms with E-state index in [-0.39, 0.29) is 11.9 Å². The summed E-state index contributed by atoms with van der Waals surface area (Å²) in [4.78, 5) is 18.8. The topological polar surface area (TPSA) is 57.3 Å². The standard InChI is InChI=1S/C16H22N4O/c1-11(20(3)4)10-18-16(21)15-9-14(17-2)12-7-5-6-8-13(12)19-15/h5-9,11H,10H2,1-4H3,(H,17,19)(H,18,21). The van der Waals surface area contributed by atoms with Crippen molar-refractivity contribution in [2.75, 3.05) is 33.0 Å². The van der Waals surface area contributed by atoms with Crippen molar-refractivity contribution in [1.29, 1.82) is 0 Å². The van der Waals surface area contributed by atoms with Crippen LogP contribution in [0.3, 0.4) is 0 Å². The van der Waals surface area contributed by atoms with Crippen LogP contribution >= 0.6 is 0 Å². The monoisotopic (exact) mass is 286 g/mol. The number of anilines is 1. The maximum atomic E-state index is 12.3. The Morgan fingerprint density at radius 2 is 2.05 bits per heavy atom. The number of aromatic nitrogens is 1. The second kappa shape index (κ2) is 6.54. The van der Waals surface area contributed by atoms with Gasteiger partial charge in [0.1, 0.15) is 5.69 Å². The van der Waals surface area contributed by atoms with Gasteiger partial charge in [-0.2, -0.15) is 0 Å². The molecule has 112 valence electrons. The van der Waals surface area contributed by atoms with E-state index in [0.717, 1.165) is 16.6 Å². The minimum absolute atomic E-state index is 0.147. The van der Waals surface area contributed by atoms with Crippen LogP contribution in [0.4, 0.5) is 5.69 Å². The molecule has 21 heavy (non-hydrogen) atoms. The van der Waals surface area contributed by atoms with Crippen LogP contribution < -0.4 is 10.6 Å². The summed E-state index contributed by atoms with van der Waals surface area (Å²) >= 11 is 0. The van der Waals surface area contributed by atoms with Crippen molar-refractivity contribution in [3.05, 3.63) is 36.0 Å². The van der Waals surface area contributed by atoms with Crippen molar-refractivity contribution in [3.8, 4) is 0 Å². The number of carbonyl (C=O) groups excluding carboxylic acids is 1. The number of amides is 1. The fraction of sp³-hybridized carbons (Fsp3) is 0.375. The normalized spacial score (nSPS) is 12.4. The second-order valence-corrected chi connectivity index (χ2v) is 5.34. The third-order valence-corrected chi connectivity index (χ3v) is 3.66. The Morgan fingerprint density at radius 3 is 2.71 bits per heavy atom. The summed E-state index contributed by atoms with van der Waals surface area (Å²) in [6.07, 6.45) is 0. The number of hydrogen-bond donors (Lipinski definition) is 2. The summed E-state index contributed by atoms with van der Waals surface area (Å²) in [5, 5.41) is 7.06. The van der Waals surface area contributed by atoms with Gasteiger partial charge in [0.15, 0.2) is 0 Å². The first kappa shape index (κ1) is 15.3. The number of likely N-dealkylation sites (N-methyl/N-ethyl adjacent to an activating group) is 1. The maximum absolute atomic E-state index is 12.3. The molecule has 0 aliphatic carbocycles. The van der Waals surface area contributed by atoms with Gasteiger partial charge < -0.3 is 15.5 Å². The van der Waals surface area contributed by atoms with Crippen molar-refractivity contribution in [2.45, 2.75) is 13.0 Å². The molecule has 1 aromatic carbocycles. The molecule has 2 aromatic rings. The van der Waals surface area contributed by atoms with E-state index in [1.54, 1.807) is 6.07 Å². The molecular formula is C16H22N4O. The molecule has 5 heteroatoms. The van der Waals surface area contributed by atoms with Crippen LogP contribution in [0.2, 0.25) is 0 Å². The summed E-state index contributed by atoms with van der Waals surface area (Å²) in [6, 6.07) is 9.85. The molecule has 0 aliphatic heterocycles. The first-order valence-electron chi connectivity index (χ1n) is 7.05. The van der Waals surface area contributed by atoms with E-state index in [1.807, 2.05) is 45.4 Å². The quantitative estimate of drug-likeness (QED) is 0.882. The number of rotatable bonds is 5. The van der Waals surface area contributed by atoms with Crippen molar-refractivity contribution < 1.29 is 4.79 Å². The van der Waals surface area contributed by atoms with Gasteiger partial charge in [0.25, 0.3) is 5.91 Å². The molecule has 0 fully saturated rings. The Kier molecular flexibility index (Phi) is 4.75. The lowest BCUT2D eigenvalue weighted by Gasteiger charge is -2.20. The summed E-state index contributed by atoms with van der Waals surface area (Å²) in [5.74, 6) is -0.147. The number of hydrogen-bond acceptors (Lipinski definition) is 4. The summed E-state index contributed by atoms with van der Waals surface area (Å²) in [5.41, 5.74) is 2.16. The number of nitrogens with one attached hydrogen (secondary N) is 2. The molecule has 2 N–H and O–H groups in total. The van der Waals surface area contributed by atoms with Gasteiger partial charge in [-0.25, -0.2) is 4.98 Å². The fourth-order valence-corrected chi connectivity index (χ4v) is 2.01. The second-order valence-electron chi connectivity index (χ2n) is 5.34. The highest BCUT2D eigenvalue weighted by Gasteiger charge is 2.13. The Balaban J connectivity index is 2.23. The van der Waals surface area contributed by atoms with E-state index in [0.29, 0.717) is 12.2 Å². The maximum Gasteiger partial charge on any atom is 0.270 e. The largest absolute Gasteiger partial charge is 0.388 e. The Labute approximate surface area is 125 Å². The number of para-hydroxylation sites is 1. The van der Waals surface area contributed by atoms with Crippen molar-refractivity contribution in [3.63, 3.8) is 0 Å². The average Bonchev–Trinajstić information content (AvgIpc) is 2.50. The van der Waals surface area contributed by atoms with Crippen LogP contribution in [0.25, 0.3) is 10.9 Å². The van der Waals surface area contributed by atoms with E-state index in [1.165, 1.54) is 0 Å². The van der Waals surface area contributed by atoms with E-state index in [4.69, 9.17) is 0 Å². The minimum atomic E-state index is -0.147. The lowest BCUT2D eigenvalue weighted by Crippen LogP contribution is -2.38. The fourth-order valence-electron chi connectivity index (χ4n) is 2.01. The molecule has 1 aromatic heterocycles. The zero-order chi connectivity index (χ0) is 15.4. The molecule has 5 nitrogen and oxygen atoms in total.